The molecule has 6 heteroatoms. The second-order valence-corrected chi connectivity index (χ2v) is 8.06. The zero-order valence-corrected chi connectivity index (χ0v) is 18.1. The predicted molar refractivity (Wildman–Crippen MR) is 121 cm³/mol. The van der Waals surface area contributed by atoms with Crippen molar-refractivity contribution in [3.8, 4) is 5.75 Å². The number of hydrogen-bond donors (Lipinski definition) is 2. The highest BCUT2D eigenvalue weighted by molar-refractivity contribution is 5.57. The number of methoxy groups -OCH3 is 1. The van der Waals surface area contributed by atoms with Crippen molar-refractivity contribution in [3.63, 3.8) is 0 Å². The number of rotatable bonds is 9. The molecular weight excluding hydrogens is 362 g/mol. The molecule has 0 unspecified atom stereocenters. The summed E-state index contributed by atoms with van der Waals surface area (Å²) in [5.41, 5.74) is 6.74. The molecule has 2 fully saturated rings. The van der Waals surface area contributed by atoms with Crippen LogP contribution in [0, 0.1) is 12.8 Å². The third kappa shape index (κ3) is 5.67. The maximum atomic E-state index is 5.69. The number of ether oxygens (including phenoxy) is 1. The van der Waals surface area contributed by atoms with Crippen molar-refractivity contribution in [2.75, 3.05) is 57.8 Å². The molecule has 0 amide bonds. The van der Waals surface area contributed by atoms with Gasteiger partial charge in [-0.15, -0.1) is 0 Å². The molecule has 0 radical (unpaired) electrons. The number of nitrogens with zero attached hydrogens (tertiary/aromatic N) is 3. The first-order valence-corrected chi connectivity index (χ1v) is 10.8. The Hall–Kier alpha value is -2.18. The molecule has 1 aromatic rings. The normalized spacial score (nSPS) is 18.3. The molecule has 2 aliphatic heterocycles. The molecule has 160 valence electrons. The Bertz CT molecular complexity index is 678. The highest BCUT2D eigenvalue weighted by atomic mass is 16.5. The number of hydrazine groups is 1. The van der Waals surface area contributed by atoms with Crippen LogP contribution in [0.1, 0.15) is 24.0 Å². The number of hydrogen-bond acceptors (Lipinski definition) is 6. The van der Waals surface area contributed by atoms with Crippen molar-refractivity contribution in [1.82, 2.24) is 20.7 Å². The van der Waals surface area contributed by atoms with Crippen LogP contribution >= 0.6 is 0 Å². The topological polar surface area (TPSA) is 43.0 Å². The Labute approximate surface area is 176 Å². The summed E-state index contributed by atoms with van der Waals surface area (Å²) in [6, 6.07) is 4.47. The van der Waals surface area contributed by atoms with Crippen molar-refractivity contribution in [2.24, 2.45) is 5.92 Å². The van der Waals surface area contributed by atoms with Gasteiger partial charge in [-0.3, -0.25) is 9.91 Å². The monoisotopic (exact) mass is 399 g/mol. The molecule has 2 heterocycles. The minimum Gasteiger partial charge on any atom is -0.496 e. The molecule has 0 saturated carbocycles. The van der Waals surface area contributed by atoms with Crippen LogP contribution in [0.2, 0.25) is 0 Å². The Kier molecular flexibility index (Phi) is 7.83. The third-order valence-electron chi connectivity index (χ3n) is 6.20. The molecule has 0 aliphatic carbocycles. The summed E-state index contributed by atoms with van der Waals surface area (Å²) < 4.78 is 5.69. The van der Waals surface area contributed by atoms with Crippen molar-refractivity contribution in [2.45, 2.75) is 26.3 Å². The fourth-order valence-electron chi connectivity index (χ4n) is 4.37. The summed E-state index contributed by atoms with van der Waals surface area (Å²) in [6.45, 7) is 18.4. The predicted octanol–water partition coefficient (Wildman–Crippen LogP) is 2.72. The lowest BCUT2D eigenvalue weighted by molar-refractivity contribution is 0.196. The van der Waals surface area contributed by atoms with E-state index in [2.05, 4.69) is 52.8 Å². The molecular formula is C23H37N5O. The smallest absolute Gasteiger partial charge is 0.124 e. The SMILES string of the molecule is C=CNN(C=C)Cc1cc(N2CCN(CC3CCNCC3)CC2)cc(OC)c1C. The van der Waals surface area contributed by atoms with Crippen LogP contribution in [0.4, 0.5) is 5.69 Å². The minimum absolute atomic E-state index is 0.710. The van der Waals surface area contributed by atoms with E-state index in [-0.39, 0.29) is 0 Å². The summed E-state index contributed by atoms with van der Waals surface area (Å²) in [6.07, 6.45) is 6.08. The Balaban J connectivity index is 1.66. The van der Waals surface area contributed by atoms with Gasteiger partial charge < -0.3 is 20.4 Å². The standard InChI is InChI=1S/C23H37N5O/c1-5-25-28(6-2)18-21-15-22(16-23(29-4)19(21)3)27-13-11-26(12-14-27)17-20-7-9-24-10-8-20/h5-6,15-16,20,24-25H,1-2,7-14,17-18H2,3-4H3. The van der Waals surface area contributed by atoms with Crippen LogP contribution < -0.4 is 20.4 Å². The first-order chi connectivity index (χ1) is 14.1. The number of piperazine rings is 1. The van der Waals surface area contributed by atoms with Crippen LogP contribution in [0.3, 0.4) is 0 Å². The number of benzene rings is 1. The van der Waals surface area contributed by atoms with Crippen LogP contribution in [-0.2, 0) is 6.54 Å². The maximum Gasteiger partial charge on any atom is 0.124 e. The van der Waals surface area contributed by atoms with E-state index < -0.39 is 0 Å². The molecule has 2 aliphatic rings. The largest absolute Gasteiger partial charge is 0.496 e. The molecule has 0 atom stereocenters. The van der Waals surface area contributed by atoms with E-state index in [9.17, 15) is 0 Å². The van der Waals surface area contributed by atoms with Gasteiger partial charge in [0, 0.05) is 56.9 Å². The lowest BCUT2D eigenvalue weighted by Gasteiger charge is -2.38. The highest BCUT2D eigenvalue weighted by Gasteiger charge is 2.22. The summed E-state index contributed by atoms with van der Waals surface area (Å²) in [4.78, 5) is 5.13. The average Bonchev–Trinajstić information content (AvgIpc) is 2.76. The van der Waals surface area contributed by atoms with Crippen molar-refractivity contribution >= 4 is 5.69 Å². The van der Waals surface area contributed by atoms with Gasteiger partial charge in [-0.05, 0) is 56.0 Å². The highest BCUT2D eigenvalue weighted by Crippen LogP contribution is 2.30. The van der Waals surface area contributed by atoms with Gasteiger partial charge >= 0.3 is 0 Å². The summed E-state index contributed by atoms with van der Waals surface area (Å²) >= 11 is 0. The second kappa shape index (κ2) is 10.6. The van der Waals surface area contributed by atoms with Gasteiger partial charge in [0.05, 0.1) is 13.7 Å². The zero-order valence-electron chi connectivity index (χ0n) is 18.1. The number of anilines is 1. The fourth-order valence-corrected chi connectivity index (χ4v) is 4.37. The first kappa shape index (κ1) is 21.5. The maximum absolute atomic E-state index is 5.69. The van der Waals surface area contributed by atoms with Crippen LogP contribution in [0.15, 0.2) is 37.7 Å². The van der Waals surface area contributed by atoms with Gasteiger partial charge in [0.25, 0.3) is 0 Å². The van der Waals surface area contributed by atoms with Crippen molar-refractivity contribution in [3.05, 3.63) is 48.8 Å². The van der Waals surface area contributed by atoms with E-state index in [4.69, 9.17) is 4.74 Å². The molecule has 6 nitrogen and oxygen atoms in total. The van der Waals surface area contributed by atoms with E-state index in [1.165, 1.54) is 49.3 Å². The molecule has 3 rings (SSSR count). The summed E-state index contributed by atoms with van der Waals surface area (Å²) in [5.74, 6) is 1.80. The van der Waals surface area contributed by atoms with Crippen LogP contribution in [0.25, 0.3) is 0 Å². The molecule has 2 N–H and O–H groups in total. The van der Waals surface area contributed by atoms with Crippen LogP contribution in [0.5, 0.6) is 5.75 Å². The van der Waals surface area contributed by atoms with E-state index in [1.807, 2.05) is 5.01 Å². The first-order valence-electron chi connectivity index (χ1n) is 10.8. The van der Waals surface area contributed by atoms with E-state index in [0.717, 1.165) is 37.8 Å². The number of nitrogens with one attached hydrogen (secondary N) is 2. The minimum atomic E-state index is 0.710. The molecule has 1 aromatic carbocycles. The molecule has 0 aromatic heterocycles. The summed E-state index contributed by atoms with van der Waals surface area (Å²) in [7, 11) is 1.75. The summed E-state index contributed by atoms with van der Waals surface area (Å²) in [5, 5.41) is 5.39. The molecule has 2 saturated heterocycles. The van der Waals surface area contributed by atoms with Gasteiger partial charge in [-0.25, -0.2) is 0 Å². The lowest BCUT2D eigenvalue weighted by atomic mass is 9.97. The third-order valence-corrected chi connectivity index (χ3v) is 6.20. The van der Waals surface area contributed by atoms with Gasteiger partial charge in [0.15, 0.2) is 0 Å². The average molecular weight is 400 g/mol. The van der Waals surface area contributed by atoms with E-state index >= 15 is 0 Å². The Morgan fingerprint density at radius 3 is 2.55 bits per heavy atom. The lowest BCUT2D eigenvalue weighted by Crippen LogP contribution is -2.48. The molecule has 0 spiro atoms. The zero-order chi connectivity index (χ0) is 20.6. The quantitative estimate of drug-likeness (QED) is 0.623. The van der Waals surface area contributed by atoms with Gasteiger partial charge in [-0.1, -0.05) is 13.2 Å². The van der Waals surface area contributed by atoms with Crippen molar-refractivity contribution in [1.29, 1.82) is 0 Å². The van der Waals surface area contributed by atoms with Crippen molar-refractivity contribution < 1.29 is 4.74 Å². The Morgan fingerprint density at radius 2 is 1.93 bits per heavy atom. The van der Waals surface area contributed by atoms with E-state index in [1.54, 1.807) is 19.5 Å². The van der Waals surface area contributed by atoms with Crippen LogP contribution in [-0.4, -0.2) is 62.8 Å². The molecule has 0 bridgehead atoms. The molecule has 29 heavy (non-hydrogen) atoms. The Morgan fingerprint density at radius 1 is 1.21 bits per heavy atom. The van der Waals surface area contributed by atoms with Gasteiger partial charge in [0.2, 0.25) is 0 Å². The van der Waals surface area contributed by atoms with Gasteiger partial charge in [-0.2, -0.15) is 0 Å². The fraction of sp³-hybridized carbons (Fsp3) is 0.565. The second-order valence-electron chi connectivity index (χ2n) is 8.06. The van der Waals surface area contributed by atoms with Gasteiger partial charge in [0.1, 0.15) is 5.75 Å². The van der Waals surface area contributed by atoms with E-state index in [0.29, 0.717) is 6.54 Å². The number of piperidine rings is 1.